The van der Waals surface area contributed by atoms with Crippen molar-refractivity contribution in [1.82, 2.24) is 0 Å². The van der Waals surface area contributed by atoms with Crippen LogP contribution in [0.3, 0.4) is 0 Å². The van der Waals surface area contributed by atoms with E-state index in [9.17, 15) is 0 Å². The van der Waals surface area contributed by atoms with Gasteiger partial charge < -0.3 is 9.47 Å². The summed E-state index contributed by atoms with van der Waals surface area (Å²) in [6, 6.07) is 0. The van der Waals surface area contributed by atoms with Gasteiger partial charge in [-0.3, -0.25) is 9.47 Å². The highest BCUT2D eigenvalue weighted by atomic mass is 79.9. The van der Waals surface area contributed by atoms with Crippen molar-refractivity contribution in [3.05, 3.63) is 0 Å². The van der Waals surface area contributed by atoms with Gasteiger partial charge in [0.05, 0.1) is 13.2 Å². The van der Waals surface area contributed by atoms with E-state index in [1.165, 1.54) is 0 Å². The van der Waals surface area contributed by atoms with E-state index in [0.29, 0.717) is 23.9 Å². The third-order valence-corrected chi connectivity index (χ3v) is 3.23. The van der Waals surface area contributed by atoms with Crippen LogP contribution in [0.4, 0.5) is 0 Å². The van der Waals surface area contributed by atoms with Crippen LogP contribution in [0.15, 0.2) is 0 Å². The first-order chi connectivity index (χ1) is 6.29. The average Bonchev–Trinajstić information content (AvgIpc) is 2.74. The Balaban J connectivity index is 2.03. The molecule has 0 bridgehead atoms. The Morgan fingerprint density at radius 3 is 1.85 bits per heavy atom. The molecule has 0 aromatic heterocycles. The molecular weight excluding hydrogens is 308 g/mol. The van der Waals surface area contributed by atoms with Gasteiger partial charge >= 0.3 is 6.16 Å². The SMILES string of the molecule is BrCC1OC2(OCCO2)OC1CBr. The molecule has 2 atom stereocenters. The minimum absolute atomic E-state index is 0.0301. The van der Waals surface area contributed by atoms with Crippen molar-refractivity contribution in [2.24, 2.45) is 0 Å². The topological polar surface area (TPSA) is 36.9 Å². The maximum Gasteiger partial charge on any atom is 0.413 e. The molecule has 0 saturated carbocycles. The zero-order chi connectivity index (χ0) is 9.31. The van der Waals surface area contributed by atoms with E-state index in [1.807, 2.05) is 0 Å². The molecule has 2 aliphatic rings. The van der Waals surface area contributed by atoms with Crippen molar-refractivity contribution in [3.8, 4) is 0 Å². The lowest BCUT2D eigenvalue weighted by molar-refractivity contribution is -0.429. The Hall–Kier alpha value is 0.800. The van der Waals surface area contributed by atoms with Gasteiger partial charge in [-0.25, -0.2) is 0 Å². The van der Waals surface area contributed by atoms with E-state index in [4.69, 9.17) is 18.9 Å². The zero-order valence-corrected chi connectivity index (χ0v) is 10.0. The number of hydrogen-bond donors (Lipinski definition) is 0. The van der Waals surface area contributed by atoms with Crippen molar-refractivity contribution < 1.29 is 18.9 Å². The van der Waals surface area contributed by atoms with Gasteiger partial charge in [0.25, 0.3) is 0 Å². The van der Waals surface area contributed by atoms with E-state index >= 15 is 0 Å². The number of rotatable bonds is 2. The van der Waals surface area contributed by atoms with Crippen molar-refractivity contribution >= 4 is 31.9 Å². The largest absolute Gasteiger partial charge is 0.413 e. The van der Waals surface area contributed by atoms with Gasteiger partial charge in [0, 0.05) is 10.7 Å². The summed E-state index contributed by atoms with van der Waals surface area (Å²) in [7, 11) is 0. The maximum absolute atomic E-state index is 5.52. The lowest BCUT2D eigenvalue weighted by Crippen LogP contribution is -2.32. The Morgan fingerprint density at radius 2 is 1.46 bits per heavy atom. The van der Waals surface area contributed by atoms with Gasteiger partial charge in [0.1, 0.15) is 12.2 Å². The molecule has 0 aromatic rings. The van der Waals surface area contributed by atoms with Crippen LogP contribution in [-0.2, 0) is 18.9 Å². The predicted molar refractivity (Wildman–Crippen MR) is 52.0 cm³/mol. The minimum atomic E-state index is -1.23. The summed E-state index contributed by atoms with van der Waals surface area (Å²) in [5.74, 6) is 0. The summed E-state index contributed by atoms with van der Waals surface area (Å²) in [4.78, 5) is 0. The van der Waals surface area contributed by atoms with Crippen LogP contribution in [0, 0.1) is 0 Å². The Labute approximate surface area is 93.1 Å². The van der Waals surface area contributed by atoms with Crippen LogP contribution in [0.25, 0.3) is 0 Å². The second kappa shape index (κ2) is 4.12. The molecule has 2 saturated heterocycles. The van der Waals surface area contributed by atoms with E-state index in [0.717, 1.165) is 0 Å². The Bertz CT molecular complexity index is 169. The molecule has 0 N–H and O–H groups in total. The van der Waals surface area contributed by atoms with Gasteiger partial charge in [-0.2, -0.15) is 0 Å². The standard InChI is InChI=1S/C7H10Br2O4/c8-3-5-6(4-9)13-7(12-5)10-1-2-11-7/h5-6H,1-4H2. The van der Waals surface area contributed by atoms with Crippen molar-refractivity contribution in [2.45, 2.75) is 18.4 Å². The summed E-state index contributed by atoms with van der Waals surface area (Å²) in [6.45, 7) is 1.04. The molecule has 2 heterocycles. The van der Waals surface area contributed by atoms with Gasteiger partial charge in [-0.1, -0.05) is 31.9 Å². The molecule has 0 amide bonds. The first kappa shape index (κ1) is 10.3. The van der Waals surface area contributed by atoms with E-state index in [-0.39, 0.29) is 12.2 Å². The summed E-state index contributed by atoms with van der Waals surface area (Å²) in [5.41, 5.74) is 0. The van der Waals surface area contributed by atoms with Crippen molar-refractivity contribution in [2.75, 3.05) is 23.9 Å². The van der Waals surface area contributed by atoms with Gasteiger partial charge in [0.15, 0.2) is 0 Å². The molecule has 0 aromatic carbocycles. The second-order valence-corrected chi connectivity index (χ2v) is 4.11. The lowest BCUT2D eigenvalue weighted by atomic mass is 10.3. The number of halogens is 2. The quantitative estimate of drug-likeness (QED) is 0.718. The molecule has 13 heavy (non-hydrogen) atoms. The highest BCUT2D eigenvalue weighted by molar-refractivity contribution is 9.09. The van der Waals surface area contributed by atoms with Crippen LogP contribution >= 0.6 is 31.9 Å². The molecule has 2 rings (SSSR count). The van der Waals surface area contributed by atoms with Crippen LogP contribution < -0.4 is 0 Å². The van der Waals surface area contributed by atoms with E-state index in [2.05, 4.69) is 31.9 Å². The fraction of sp³-hybridized carbons (Fsp3) is 1.00. The molecule has 2 aliphatic heterocycles. The highest BCUT2D eigenvalue weighted by Crippen LogP contribution is 2.35. The molecule has 76 valence electrons. The van der Waals surface area contributed by atoms with Gasteiger partial charge in [-0.15, -0.1) is 0 Å². The number of alkyl halides is 2. The molecule has 6 heteroatoms. The van der Waals surface area contributed by atoms with Crippen LogP contribution in [0.1, 0.15) is 0 Å². The lowest BCUT2D eigenvalue weighted by Gasteiger charge is -2.18. The molecule has 2 unspecified atom stereocenters. The fourth-order valence-corrected chi connectivity index (χ4v) is 2.42. The monoisotopic (exact) mass is 316 g/mol. The van der Waals surface area contributed by atoms with Crippen LogP contribution in [0.2, 0.25) is 0 Å². The van der Waals surface area contributed by atoms with Crippen LogP contribution in [0.5, 0.6) is 0 Å². The first-order valence-electron chi connectivity index (χ1n) is 4.05. The number of ether oxygens (including phenoxy) is 4. The highest BCUT2D eigenvalue weighted by Gasteiger charge is 2.52. The molecular formula is C7H10Br2O4. The van der Waals surface area contributed by atoms with Crippen LogP contribution in [-0.4, -0.2) is 42.2 Å². The smallest absolute Gasteiger partial charge is 0.301 e. The molecule has 1 spiro atoms. The minimum Gasteiger partial charge on any atom is -0.301 e. The summed E-state index contributed by atoms with van der Waals surface area (Å²) in [5, 5.41) is 1.41. The second-order valence-electron chi connectivity index (χ2n) is 2.82. The fourth-order valence-electron chi connectivity index (χ4n) is 1.32. The van der Waals surface area contributed by atoms with Crippen molar-refractivity contribution in [3.63, 3.8) is 0 Å². The molecule has 0 aliphatic carbocycles. The normalized spacial score (nSPS) is 37.4. The van der Waals surface area contributed by atoms with E-state index < -0.39 is 6.16 Å². The number of hydrogen-bond acceptors (Lipinski definition) is 4. The Kier molecular flexibility index (Phi) is 3.27. The molecule has 2 fully saturated rings. The molecule has 4 nitrogen and oxygen atoms in total. The Morgan fingerprint density at radius 1 is 1.00 bits per heavy atom. The van der Waals surface area contributed by atoms with Gasteiger partial charge in [-0.05, 0) is 0 Å². The van der Waals surface area contributed by atoms with E-state index in [1.54, 1.807) is 0 Å². The van der Waals surface area contributed by atoms with Gasteiger partial charge in [0.2, 0.25) is 0 Å². The third-order valence-electron chi connectivity index (χ3n) is 1.95. The van der Waals surface area contributed by atoms with Crippen molar-refractivity contribution in [1.29, 1.82) is 0 Å². The zero-order valence-electron chi connectivity index (χ0n) is 6.87. The summed E-state index contributed by atoms with van der Waals surface area (Å²) < 4.78 is 21.6. The average molecular weight is 318 g/mol. The summed E-state index contributed by atoms with van der Waals surface area (Å²) >= 11 is 6.70. The maximum atomic E-state index is 5.52. The predicted octanol–water partition coefficient (Wildman–Crippen LogP) is 1.22. The molecule has 0 radical (unpaired) electrons. The first-order valence-corrected chi connectivity index (χ1v) is 6.29. The third kappa shape index (κ3) is 1.93. The summed E-state index contributed by atoms with van der Waals surface area (Å²) in [6.07, 6.45) is -1.29.